The lowest BCUT2D eigenvalue weighted by Gasteiger charge is -2.26. The van der Waals surface area contributed by atoms with E-state index in [-0.39, 0.29) is 12.4 Å². The maximum absolute atomic E-state index is 11.9. The van der Waals surface area contributed by atoms with Gasteiger partial charge in [0.05, 0.1) is 12.3 Å². The molecule has 1 rings (SSSR count). The van der Waals surface area contributed by atoms with Crippen LogP contribution in [0.4, 0.5) is 0 Å². The smallest absolute Gasteiger partial charge is 0.223 e. The van der Waals surface area contributed by atoms with Crippen LogP contribution in [0.5, 0.6) is 5.75 Å². The molecule has 0 aromatic carbocycles. The first kappa shape index (κ1) is 18.7. The molecular formula is C17H30N2O3. The Balaban J connectivity index is 3.23. The van der Waals surface area contributed by atoms with Gasteiger partial charge in [0.2, 0.25) is 5.43 Å². The molecule has 0 aliphatic heterocycles. The molecule has 5 nitrogen and oxygen atoms in total. The first-order valence-electron chi connectivity index (χ1n) is 8.22. The number of aliphatic hydroxyl groups is 1. The van der Waals surface area contributed by atoms with Crippen molar-refractivity contribution in [2.45, 2.75) is 60.2 Å². The van der Waals surface area contributed by atoms with Crippen molar-refractivity contribution in [2.75, 3.05) is 13.1 Å². The van der Waals surface area contributed by atoms with Crippen LogP contribution in [0, 0.1) is 5.92 Å². The fraction of sp³-hybridized carbons (Fsp3) is 0.706. The monoisotopic (exact) mass is 310 g/mol. The van der Waals surface area contributed by atoms with Crippen molar-refractivity contribution < 1.29 is 10.2 Å². The van der Waals surface area contributed by atoms with E-state index in [0.29, 0.717) is 30.4 Å². The van der Waals surface area contributed by atoms with Crippen LogP contribution in [0.15, 0.2) is 10.9 Å². The zero-order valence-corrected chi connectivity index (χ0v) is 14.3. The molecule has 2 N–H and O–H groups in total. The summed E-state index contributed by atoms with van der Waals surface area (Å²) in [5.41, 5.74) is 0.770. The van der Waals surface area contributed by atoms with Gasteiger partial charge in [-0.15, -0.1) is 0 Å². The van der Waals surface area contributed by atoms with Crippen molar-refractivity contribution in [3.63, 3.8) is 0 Å². The van der Waals surface area contributed by atoms with Crippen molar-refractivity contribution >= 4 is 0 Å². The fourth-order valence-electron chi connectivity index (χ4n) is 2.57. The zero-order chi connectivity index (χ0) is 16.7. The summed E-state index contributed by atoms with van der Waals surface area (Å²) >= 11 is 0. The number of unbranched alkanes of at least 4 members (excludes halogenated alkanes) is 1. The van der Waals surface area contributed by atoms with Crippen LogP contribution < -0.4 is 5.43 Å². The number of rotatable bonds is 9. The molecule has 5 heteroatoms. The molecule has 0 unspecified atom stereocenters. The lowest BCUT2D eigenvalue weighted by Crippen LogP contribution is -2.29. The van der Waals surface area contributed by atoms with Gasteiger partial charge in [0, 0.05) is 24.8 Å². The Bertz CT molecular complexity index is 523. The van der Waals surface area contributed by atoms with Crippen LogP contribution in [0.1, 0.15) is 51.9 Å². The van der Waals surface area contributed by atoms with E-state index in [1.807, 2.05) is 4.57 Å². The third kappa shape index (κ3) is 4.85. The molecule has 1 aromatic heterocycles. The molecule has 0 saturated heterocycles. The van der Waals surface area contributed by atoms with Gasteiger partial charge in [0.15, 0.2) is 5.75 Å². The molecule has 0 amide bonds. The SMILES string of the molecule is CCCCN(CC)Cc1c(O)c(=O)cc(CO)n1CC(C)C. The summed E-state index contributed by atoms with van der Waals surface area (Å²) in [5.74, 6) is 0.171. The van der Waals surface area contributed by atoms with Gasteiger partial charge in [-0.25, -0.2) is 0 Å². The van der Waals surface area contributed by atoms with Gasteiger partial charge in [0.1, 0.15) is 0 Å². The summed E-state index contributed by atoms with van der Waals surface area (Å²) in [6.07, 6.45) is 2.20. The van der Waals surface area contributed by atoms with Gasteiger partial charge in [-0.1, -0.05) is 34.1 Å². The highest BCUT2D eigenvalue weighted by atomic mass is 16.3. The molecule has 22 heavy (non-hydrogen) atoms. The third-order valence-electron chi connectivity index (χ3n) is 3.84. The number of pyridine rings is 1. The predicted molar refractivity (Wildman–Crippen MR) is 89.0 cm³/mol. The Morgan fingerprint density at radius 2 is 2.00 bits per heavy atom. The second-order valence-corrected chi connectivity index (χ2v) is 6.18. The van der Waals surface area contributed by atoms with Gasteiger partial charge in [-0.05, 0) is 25.4 Å². The normalized spacial score (nSPS) is 11.6. The maximum Gasteiger partial charge on any atom is 0.223 e. The molecule has 1 aromatic rings. The van der Waals surface area contributed by atoms with E-state index >= 15 is 0 Å². The number of aromatic hydroxyl groups is 1. The second-order valence-electron chi connectivity index (χ2n) is 6.18. The highest BCUT2D eigenvalue weighted by Crippen LogP contribution is 2.19. The summed E-state index contributed by atoms with van der Waals surface area (Å²) in [6, 6.07) is 1.34. The minimum atomic E-state index is -0.411. The molecule has 0 aliphatic rings. The van der Waals surface area contributed by atoms with Crippen LogP contribution in [0.3, 0.4) is 0 Å². The van der Waals surface area contributed by atoms with Crippen LogP contribution in [0.2, 0.25) is 0 Å². The average Bonchev–Trinajstić information content (AvgIpc) is 2.49. The van der Waals surface area contributed by atoms with Crippen molar-refractivity contribution in [3.05, 3.63) is 27.7 Å². The standard InChI is InChI=1S/C17H30N2O3/c1-5-7-8-18(6-2)11-15-17(22)16(21)9-14(12-20)19(15)10-13(3)4/h9,13,20,22H,5-8,10-12H2,1-4H3. The summed E-state index contributed by atoms with van der Waals surface area (Å²) in [6.45, 7) is 11.2. The molecule has 0 spiro atoms. The van der Waals surface area contributed by atoms with Crippen molar-refractivity contribution in [3.8, 4) is 5.75 Å². The number of aromatic nitrogens is 1. The predicted octanol–water partition coefficient (Wildman–Crippen LogP) is 2.32. The van der Waals surface area contributed by atoms with Crippen LogP contribution in [0.25, 0.3) is 0 Å². The summed E-state index contributed by atoms with van der Waals surface area (Å²) in [4.78, 5) is 14.2. The third-order valence-corrected chi connectivity index (χ3v) is 3.84. The molecule has 0 saturated carbocycles. The Morgan fingerprint density at radius 1 is 1.32 bits per heavy atom. The lowest BCUT2D eigenvalue weighted by molar-refractivity contribution is 0.245. The van der Waals surface area contributed by atoms with Crippen molar-refractivity contribution in [1.29, 1.82) is 0 Å². The van der Waals surface area contributed by atoms with Gasteiger partial charge in [-0.3, -0.25) is 9.69 Å². The summed E-state index contributed by atoms with van der Waals surface area (Å²) < 4.78 is 1.90. The summed E-state index contributed by atoms with van der Waals surface area (Å²) in [5, 5.41) is 19.8. The molecule has 0 aliphatic carbocycles. The largest absolute Gasteiger partial charge is 0.503 e. The molecule has 126 valence electrons. The molecule has 1 heterocycles. The quantitative estimate of drug-likeness (QED) is 0.734. The van der Waals surface area contributed by atoms with Crippen molar-refractivity contribution in [2.24, 2.45) is 5.92 Å². The minimum absolute atomic E-state index is 0.187. The van der Waals surface area contributed by atoms with Gasteiger partial charge >= 0.3 is 0 Å². The number of hydrogen-bond donors (Lipinski definition) is 2. The van der Waals surface area contributed by atoms with Crippen molar-refractivity contribution in [1.82, 2.24) is 9.47 Å². The van der Waals surface area contributed by atoms with E-state index in [1.165, 1.54) is 6.07 Å². The Labute approximate surface area is 133 Å². The number of nitrogens with zero attached hydrogens (tertiary/aromatic N) is 2. The van der Waals surface area contributed by atoms with E-state index in [9.17, 15) is 15.0 Å². The molecule has 0 radical (unpaired) electrons. The zero-order valence-electron chi connectivity index (χ0n) is 14.3. The topological polar surface area (TPSA) is 65.7 Å². The van der Waals surface area contributed by atoms with E-state index in [1.54, 1.807) is 0 Å². The van der Waals surface area contributed by atoms with Gasteiger partial charge in [-0.2, -0.15) is 0 Å². The Hall–Kier alpha value is -1.33. The van der Waals surface area contributed by atoms with Gasteiger partial charge in [0.25, 0.3) is 0 Å². The summed E-state index contributed by atoms with van der Waals surface area (Å²) in [7, 11) is 0. The number of hydrogen-bond acceptors (Lipinski definition) is 4. The highest BCUT2D eigenvalue weighted by molar-refractivity contribution is 5.30. The van der Waals surface area contributed by atoms with E-state index in [2.05, 4.69) is 32.6 Å². The van der Waals surface area contributed by atoms with Crippen LogP contribution >= 0.6 is 0 Å². The Kier molecular flexibility index (Phi) is 7.62. The molecule has 0 fully saturated rings. The first-order chi connectivity index (χ1) is 10.4. The number of aliphatic hydroxyl groups excluding tert-OH is 1. The molecular weight excluding hydrogens is 280 g/mol. The Morgan fingerprint density at radius 3 is 2.50 bits per heavy atom. The average molecular weight is 310 g/mol. The highest BCUT2D eigenvalue weighted by Gasteiger charge is 2.17. The maximum atomic E-state index is 11.9. The second kappa shape index (κ2) is 8.96. The van der Waals surface area contributed by atoms with E-state index in [4.69, 9.17) is 0 Å². The van der Waals surface area contributed by atoms with Crippen LogP contribution in [-0.2, 0) is 19.7 Å². The van der Waals surface area contributed by atoms with E-state index in [0.717, 1.165) is 25.9 Å². The fourth-order valence-corrected chi connectivity index (χ4v) is 2.57. The molecule has 0 atom stereocenters. The van der Waals surface area contributed by atoms with Crippen LogP contribution in [-0.4, -0.2) is 32.8 Å². The first-order valence-corrected chi connectivity index (χ1v) is 8.22. The lowest BCUT2D eigenvalue weighted by atomic mass is 10.1. The minimum Gasteiger partial charge on any atom is -0.503 e. The molecule has 0 bridgehead atoms. The van der Waals surface area contributed by atoms with Gasteiger partial charge < -0.3 is 14.8 Å². The van der Waals surface area contributed by atoms with E-state index < -0.39 is 5.43 Å².